The van der Waals surface area contributed by atoms with Gasteiger partial charge in [-0.15, -0.1) is 0 Å². The van der Waals surface area contributed by atoms with Gasteiger partial charge in [-0.2, -0.15) is 0 Å². The summed E-state index contributed by atoms with van der Waals surface area (Å²) < 4.78 is 0. The number of carboxylic acid groups (broad SMARTS) is 1. The van der Waals surface area contributed by atoms with Crippen LogP contribution in [0.1, 0.15) is 10.5 Å². The molecular formula is C15H11N3O2. The van der Waals surface area contributed by atoms with Gasteiger partial charge in [0.15, 0.2) is 5.69 Å². The predicted molar refractivity (Wildman–Crippen MR) is 76.3 cm³/mol. The summed E-state index contributed by atoms with van der Waals surface area (Å²) in [6.07, 6.45) is 0. The van der Waals surface area contributed by atoms with E-state index in [9.17, 15) is 9.90 Å². The Bertz CT molecular complexity index is 815. The number of hydrogen-bond acceptors (Lipinski definition) is 4. The van der Waals surface area contributed by atoms with E-state index in [0.29, 0.717) is 11.3 Å². The minimum Gasteiger partial charge on any atom is -0.476 e. The molecule has 5 heteroatoms. The number of nitrogens with two attached hydrogens (primary N) is 1. The van der Waals surface area contributed by atoms with Crippen molar-refractivity contribution in [3.8, 4) is 11.3 Å². The van der Waals surface area contributed by atoms with E-state index in [1.54, 1.807) is 18.2 Å². The Morgan fingerprint density at radius 2 is 1.80 bits per heavy atom. The van der Waals surface area contributed by atoms with Crippen molar-refractivity contribution in [3.05, 3.63) is 54.2 Å². The van der Waals surface area contributed by atoms with Crippen LogP contribution in [0.15, 0.2) is 48.5 Å². The second kappa shape index (κ2) is 4.62. The summed E-state index contributed by atoms with van der Waals surface area (Å²) in [6.45, 7) is 0. The number of anilines is 1. The average Bonchev–Trinajstić information content (AvgIpc) is 2.46. The van der Waals surface area contributed by atoms with Crippen molar-refractivity contribution in [2.24, 2.45) is 0 Å². The highest BCUT2D eigenvalue weighted by molar-refractivity contribution is 5.94. The molecule has 2 aromatic heterocycles. The minimum absolute atomic E-state index is 0.0900. The van der Waals surface area contributed by atoms with Gasteiger partial charge in [0.25, 0.3) is 0 Å². The summed E-state index contributed by atoms with van der Waals surface area (Å²) in [5.41, 5.74) is 7.27. The normalized spacial score (nSPS) is 10.6. The first-order valence-electron chi connectivity index (χ1n) is 6.01. The van der Waals surface area contributed by atoms with Crippen LogP contribution in [-0.4, -0.2) is 21.0 Å². The molecule has 2 heterocycles. The summed E-state index contributed by atoms with van der Waals surface area (Å²) in [7, 11) is 0. The van der Waals surface area contributed by atoms with E-state index < -0.39 is 5.97 Å². The highest BCUT2D eigenvalue weighted by Gasteiger charge is 2.15. The van der Waals surface area contributed by atoms with Gasteiger partial charge >= 0.3 is 5.97 Å². The maximum absolute atomic E-state index is 11.3. The zero-order valence-electron chi connectivity index (χ0n) is 10.4. The van der Waals surface area contributed by atoms with Gasteiger partial charge < -0.3 is 10.8 Å². The fourth-order valence-corrected chi connectivity index (χ4v) is 2.06. The molecule has 0 amide bonds. The zero-order chi connectivity index (χ0) is 14.1. The molecule has 0 saturated carbocycles. The first kappa shape index (κ1) is 12.1. The number of para-hydroxylation sites is 1. The lowest BCUT2D eigenvalue weighted by Gasteiger charge is -2.07. The van der Waals surface area contributed by atoms with Crippen LogP contribution in [0.4, 0.5) is 5.82 Å². The number of aromatic nitrogens is 2. The molecule has 0 fully saturated rings. The smallest absolute Gasteiger partial charge is 0.355 e. The van der Waals surface area contributed by atoms with Crippen molar-refractivity contribution in [3.63, 3.8) is 0 Å². The number of carboxylic acids is 1. The Balaban J connectivity index is 2.22. The molecular weight excluding hydrogens is 254 g/mol. The summed E-state index contributed by atoms with van der Waals surface area (Å²) >= 11 is 0. The molecule has 3 aromatic rings. The molecule has 1 aromatic carbocycles. The third kappa shape index (κ3) is 2.05. The third-order valence-electron chi connectivity index (χ3n) is 2.99. The molecule has 5 nitrogen and oxygen atoms in total. The van der Waals surface area contributed by atoms with Crippen LogP contribution >= 0.6 is 0 Å². The number of aromatic carboxylic acids is 1. The topological polar surface area (TPSA) is 89.1 Å². The number of carbonyl (C=O) groups is 1. The maximum atomic E-state index is 11.3. The number of fused-ring (bicyclic) bond motifs is 1. The van der Waals surface area contributed by atoms with Gasteiger partial charge in [-0.05, 0) is 24.3 Å². The first-order valence-corrected chi connectivity index (χ1v) is 6.01. The van der Waals surface area contributed by atoms with Crippen LogP contribution in [0.3, 0.4) is 0 Å². The molecule has 20 heavy (non-hydrogen) atoms. The number of nitrogen functional groups attached to an aromatic ring is 1. The maximum Gasteiger partial charge on any atom is 0.355 e. The monoisotopic (exact) mass is 265 g/mol. The van der Waals surface area contributed by atoms with Gasteiger partial charge in [0.1, 0.15) is 5.82 Å². The molecule has 3 rings (SSSR count). The van der Waals surface area contributed by atoms with Crippen molar-refractivity contribution < 1.29 is 9.90 Å². The Labute approximate surface area is 114 Å². The fourth-order valence-electron chi connectivity index (χ4n) is 2.06. The first-order chi connectivity index (χ1) is 9.65. The molecule has 0 unspecified atom stereocenters. The molecule has 3 N–H and O–H groups in total. The molecule has 0 radical (unpaired) electrons. The fraction of sp³-hybridized carbons (Fsp3) is 0. The third-order valence-corrected chi connectivity index (χ3v) is 2.99. The van der Waals surface area contributed by atoms with Crippen molar-refractivity contribution in [1.29, 1.82) is 0 Å². The number of pyridine rings is 2. The number of rotatable bonds is 2. The van der Waals surface area contributed by atoms with E-state index >= 15 is 0 Å². The second-order valence-corrected chi connectivity index (χ2v) is 4.33. The van der Waals surface area contributed by atoms with E-state index in [4.69, 9.17) is 5.73 Å². The standard InChI is InChI=1S/C15H11N3O2/c16-13-8-6-10(14(18-13)15(19)20)12-7-5-9-3-1-2-4-11(9)17-12/h1-8H,(H2,16,18)(H,19,20). The largest absolute Gasteiger partial charge is 0.476 e. The lowest BCUT2D eigenvalue weighted by molar-refractivity contribution is 0.0691. The summed E-state index contributed by atoms with van der Waals surface area (Å²) in [6, 6.07) is 14.5. The van der Waals surface area contributed by atoms with Gasteiger partial charge in [-0.1, -0.05) is 24.3 Å². The molecule has 0 aliphatic heterocycles. The van der Waals surface area contributed by atoms with Gasteiger partial charge in [0.05, 0.1) is 11.2 Å². The van der Waals surface area contributed by atoms with Crippen LogP contribution in [0.2, 0.25) is 0 Å². The van der Waals surface area contributed by atoms with Crippen LogP contribution in [0, 0.1) is 0 Å². The predicted octanol–water partition coefficient (Wildman–Crippen LogP) is 2.58. The van der Waals surface area contributed by atoms with Crippen LogP contribution in [0.5, 0.6) is 0 Å². The van der Waals surface area contributed by atoms with E-state index in [-0.39, 0.29) is 11.5 Å². The van der Waals surface area contributed by atoms with Crippen LogP contribution in [-0.2, 0) is 0 Å². The lowest BCUT2D eigenvalue weighted by atomic mass is 10.1. The molecule has 0 saturated heterocycles. The number of benzene rings is 1. The molecule has 0 aliphatic carbocycles. The van der Waals surface area contributed by atoms with Gasteiger partial charge in [-0.3, -0.25) is 0 Å². The Morgan fingerprint density at radius 3 is 2.60 bits per heavy atom. The molecule has 0 spiro atoms. The molecule has 0 atom stereocenters. The van der Waals surface area contributed by atoms with E-state index in [1.165, 1.54) is 0 Å². The van der Waals surface area contributed by atoms with E-state index in [1.807, 2.05) is 30.3 Å². The SMILES string of the molecule is Nc1ccc(-c2ccc3ccccc3n2)c(C(=O)O)n1. The van der Waals surface area contributed by atoms with Gasteiger partial charge in [-0.25, -0.2) is 14.8 Å². The number of nitrogens with zero attached hydrogens (tertiary/aromatic N) is 2. The molecule has 0 aliphatic rings. The number of hydrogen-bond donors (Lipinski definition) is 2. The summed E-state index contributed by atoms with van der Waals surface area (Å²) in [4.78, 5) is 19.6. The van der Waals surface area contributed by atoms with Crippen LogP contribution in [0.25, 0.3) is 22.2 Å². The van der Waals surface area contributed by atoms with E-state index in [2.05, 4.69) is 9.97 Å². The summed E-state index contributed by atoms with van der Waals surface area (Å²) in [5.74, 6) is -0.950. The van der Waals surface area contributed by atoms with Crippen molar-refractivity contribution in [1.82, 2.24) is 9.97 Å². The quantitative estimate of drug-likeness (QED) is 0.743. The van der Waals surface area contributed by atoms with E-state index in [0.717, 1.165) is 10.9 Å². The Kier molecular flexibility index (Phi) is 2.80. The highest BCUT2D eigenvalue weighted by Crippen LogP contribution is 2.24. The Hall–Kier alpha value is -2.95. The van der Waals surface area contributed by atoms with Gasteiger partial charge in [0, 0.05) is 10.9 Å². The summed E-state index contributed by atoms with van der Waals surface area (Å²) in [5, 5.41) is 10.2. The highest BCUT2D eigenvalue weighted by atomic mass is 16.4. The molecule has 98 valence electrons. The minimum atomic E-state index is -1.12. The van der Waals surface area contributed by atoms with Crippen molar-refractivity contribution >= 4 is 22.7 Å². The second-order valence-electron chi connectivity index (χ2n) is 4.33. The zero-order valence-corrected chi connectivity index (χ0v) is 10.4. The Morgan fingerprint density at radius 1 is 1.00 bits per heavy atom. The van der Waals surface area contributed by atoms with Crippen molar-refractivity contribution in [2.75, 3.05) is 5.73 Å². The van der Waals surface area contributed by atoms with Crippen LogP contribution < -0.4 is 5.73 Å². The van der Waals surface area contributed by atoms with Gasteiger partial charge in [0.2, 0.25) is 0 Å². The van der Waals surface area contributed by atoms with Crippen molar-refractivity contribution in [2.45, 2.75) is 0 Å². The lowest BCUT2D eigenvalue weighted by Crippen LogP contribution is -2.06. The molecule has 0 bridgehead atoms. The average molecular weight is 265 g/mol.